The van der Waals surface area contributed by atoms with Gasteiger partial charge in [-0.25, -0.2) is 0 Å². The summed E-state index contributed by atoms with van der Waals surface area (Å²) in [6.45, 7) is 6.73. The molecule has 138 valence electrons. The Morgan fingerprint density at radius 1 is 1.16 bits per heavy atom. The zero-order chi connectivity index (χ0) is 18.2. The van der Waals surface area contributed by atoms with Crippen molar-refractivity contribution in [3.05, 3.63) is 35.9 Å². The molecule has 2 atom stereocenters. The van der Waals surface area contributed by atoms with Crippen molar-refractivity contribution < 1.29 is 14.7 Å². The van der Waals surface area contributed by atoms with Gasteiger partial charge >= 0.3 is 5.97 Å². The number of aliphatic carboxylic acids is 1. The quantitative estimate of drug-likeness (QED) is 0.736. The molecule has 0 aliphatic carbocycles. The number of amides is 1. The molecule has 2 N–H and O–H groups in total. The van der Waals surface area contributed by atoms with Crippen LogP contribution in [0.25, 0.3) is 0 Å². The van der Waals surface area contributed by atoms with Gasteiger partial charge in [0.1, 0.15) is 0 Å². The van der Waals surface area contributed by atoms with Crippen molar-refractivity contribution in [1.82, 2.24) is 15.1 Å². The molecule has 1 aromatic rings. The minimum Gasteiger partial charge on any atom is -0.481 e. The topological polar surface area (TPSA) is 72.9 Å². The third-order valence-corrected chi connectivity index (χ3v) is 4.86. The van der Waals surface area contributed by atoms with Gasteiger partial charge in [-0.15, -0.1) is 0 Å². The van der Waals surface area contributed by atoms with Gasteiger partial charge in [0.25, 0.3) is 0 Å². The zero-order valence-corrected chi connectivity index (χ0v) is 15.1. The maximum absolute atomic E-state index is 12.2. The molecule has 2 rings (SSSR count). The Morgan fingerprint density at radius 3 is 2.40 bits per heavy atom. The van der Waals surface area contributed by atoms with Crippen LogP contribution in [-0.4, -0.2) is 72.6 Å². The third kappa shape index (κ3) is 6.48. The largest absolute Gasteiger partial charge is 0.481 e. The van der Waals surface area contributed by atoms with E-state index in [0.717, 1.165) is 31.7 Å². The predicted molar refractivity (Wildman–Crippen MR) is 97.4 cm³/mol. The van der Waals surface area contributed by atoms with Gasteiger partial charge in [0.2, 0.25) is 5.91 Å². The average Bonchev–Trinajstić information content (AvgIpc) is 2.60. The highest BCUT2D eigenvalue weighted by atomic mass is 16.4. The van der Waals surface area contributed by atoms with Crippen LogP contribution in [0.4, 0.5) is 0 Å². The minimum absolute atomic E-state index is 0.0136. The Morgan fingerprint density at radius 2 is 1.80 bits per heavy atom. The lowest BCUT2D eigenvalue weighted by Crippen LogP contribution is -2.51. The molecule has 6 heteroatoms. The molecular formula is C19H29N3O3. The third-order valence-electron chi connectivity index (χ3n) is 4.86. The van der Waals surface area contributed by atoms with E-state index in [1.54, 1.807) is 0 Å². The number of carbonyl (C=O) groups excluding carboxylic acids is 1. The first-order valence-corrected chi connectivity index (χ1v) is 8.91. The van der Waals surface area contributed by atoms with E-state index < -0.39 is 11.9 Å². The molecule has 1 fully saturated rings. The first-order chi connectivity index (χ1) is 12.0. The van der Waals surface area contributed by atoms with Crippen molar-refractivity contribution in [2.75, 3.05) is 39.8 Å². The van der Waals surface area contributed by atoms with E-state index >= 15 is 0 Å². The number of likely N-dealkylation sites (N-methyl/N-ethyl adjacent to an activating group) is 1. The van der Waals surface area contributed by atoms with Gasteiger partial charge in [0.15, 0.2) is 0 Å². The van der Waals surface area contributed by atoms with Crippen LogP contribution in [0.3, 0.4) is 0 Å². The summed E-state index contributed by atoms with van der Waals surface area (Å²) >= 11 is 0. The molecule has 6 nitrogen and oxygen atoms in total. The standard InChI is InChI=1S/C19H29N3O3/c1-15(22-10-8-21(2)9-11-22)14-20-18(23)13-17(19(24)25)12-16-6-4-3-5-7-16/h3-7,15,17H,8-14H2,1-2H3,(H,20,23)(H,24,25)/t15?,17-/m1/s1. The van der Waals surface area contributed by atoms with Crippen molar-refractivity contribution >= 4 is 11.9 Å². The molecule has 1 saturated heterocycles. The molecule has 1 aromatic carbocycles. The van der Waals surface area contributed by atoms with E-state index in [-0.39, 0.29) is 18.4 Å². The molecule has 1 unspecified atom stereocenters. The molecule has 0 aromatic heterocycles. The average molecular weight is 347 g/mol. The first-order valence-electron chi connectivity index (χ1n) is 8.91. The Hall–Kier alpha value is -1.92. The van der Waals surface area contributed by atoms with Crippen LogP contribution in [0, 0.1) is 5.92 Å². The number of nitrogens with one attached hydrogen (secondary N) is 1. The Bertz CT molecular complexity index is 556. The highest BCUT2D eigenvalue weighted by Gasteiger charge is 2.23. The van der Waals surface area contributed by atoms with Gasteiger partial charge in [-0.3, -0.25) is 14.5 Å². The molecule has 1 amide bonds. The lowest BCUT2D eigenvalue weighted by molar-refractivity contribution is -0.144. The van der Waals surface area contributed by atoms with Crippen LogP contribution >= 0.6 is 0 Å². The summed E-state index contributed by atoms with van der Waals surface area (Å²) in [5.41, 5.74) is 0.938. The summed E-state index contributed by atoms with van der Waals surface area (Å²) in [5, 5.41) is 12.3. The number of carboxylic acid groups (broad SMARTS) is 1. The van der Waals surface area contributed by atoms with Crippen LogP contribution in [-0.2, 0) is 16.0 Å². The van der Waals surface area contributed by atoms with Gasteiger partial charge in [-0.1, -0.05) is 30.3 Å². The van der Waals surface area contributed by atoms with Gasteiger partial charge in [0, 0.05) is 45.2 Å². The SMILES string of the molecule is CC(CNC(=O)C[C@@H](Cc1ccccc1)C(=O)O)N1CCN(C)CC1. The molecule has 0 spiro atoms. The second kappa shape index (κ2) is 9.53. The van der Waals surface area contributed by atoms with E-state index in [9.17, 15) is 14.7 Å². The van der Waals surface area contributed by atoms with Crippen molar-refractivity contribution in [1.29, 1.82) is 0 Å². The lowest BCUT2D eigenvalue weighted by Gasteiger charge is -2.36. The number of carboxylic acids is 1. The molecule has 25 heavy (non-hydrogen) atoms. The van der Waals surface area contributed by atoms with E-state index in [2.05, 4.69) is 29.1 Å². The highest BCUT2D eigenvalue weighted by Crippen LogP contribution is 2.13. The van der Waals surface area contributed by atoms with Crippen molar-refractivity contribution in [3.63, 3.8) is 0 Å². The van der Waals surface area contributed by atoms with Gasteiger partial charge in [0.05, 0.1) is 5.92 Å². The van der Waals surface area contributed by atoms with Crippen LogP contribution < -0.4 is 5.32 Å². The molecule has 1 heterocycles. The lowest BCUT2D eigenvalue weighted by atomic mass is 9.96. The Labute approximate surface area is 149 Å². The fraction of sp³-hybridized carbons (Fsp3) is 0.579. The maximum atomic E-state index is 12.2. The fourth-order valence-corrected chi connectivity index (χ4v) is 3.09. The van der Waals surface area contributed by atoms with Gasteiger partial charge < -0.3 is 15.3 Å². The Kier molecular flexibility index (Phi) is 7.40. The van der Waals surface area contributed by atoms with Gasteiger partial charge in [-0.05, 0) is 26.0 Å². The van der Waals surface area contributed by atoms with Crippen molar-refractivity contribution in [2.24, 2.45) is 5.92 Å². The molecular weight excluding hydrogens is 318 g/mol. The van der Waals surface area contributed by atoms with Crippen LogP contribution in [0.2, 0.25) is 0 Å². The summed E-state index contributed by atoms with van der Waals surface area (Å²) in [5.74, 6) is -1.81. The fourth-order valence-electron chi connectivity index (χ4n) is 3.09. The number of hydrogen-bond donors (Lipinski definition) is 2. The van der Waals surface area contributed by atoms with Crippen LogP contribution in [0.15, 0.2) is 30.3 Å². The minimum atomic E-state index is -0.925. The summed E-state index contributed by atoms with van der Waals surface area (Å²) in [7, 11) is 2.11. The molecule has 0 bridgehead atoms. The normalized spacial score (nSPS) is 18.5. The van der Waals surface area contributed by atoms with E-state index in [1.165, 1.54) is 0 Å². The Balaban J connectivity index is 1.78. The number of hydrogen-bond acceptors (Lipinski definition) is 4. The summed E-state index contributed by atoms with van der Waals surface area (Å²) in [4.78, 5) is 28.3. The summed E-state index contributed by atoms with van der Waals surface area (Å²) < 4.78 is 0. The van der Waals surface area contributed by atoms with Gasteiger partial charge in [-0.2, -0.15) is 0 Å². The number of piperazine rings is 1. The van der Waals surface area contributed by atoms with Crippen molar-refractivity contribution in [2.45, 2.75) is 25.8 Å². The predicted octanol–water partition coefficient (Wildman–Crippen LogP) is 1.07. The number of nitrogens with zero attached hydrogens (tertiary/aromatic N) is 2. The smallest absolute Gasteiger partial charge is 0.307 e. The number of rotatable bonds is 8. The van der Waals surface area contributed by atoms with E-state index in [1.807, 2.05) is 30.3 Å². The number of carbonyl (C=O) groups is 2. The zero-order valence-electron chi connectivity index (χ0n) is 15.1. The molecule has 0 saturated carbocycles. The molecule has 1 aliphatic heterocycles. The molecule has 1 aliphatic rings. The second-order valence-electron chi connectivity index (χ2n) is 6.92. The maximum Gasteiger partial charge on any atom is 0.307 e. The second-order valence-corrected chi connectivity index (χ2v) is 6.92. The number of benzene rings is 1. The first kappa shape index (κ1) is 19.4. The summed E-state index contributed by atoms with van der Waals surface area (Å²) in [6, 6.07) is 9.70. The van der Waals surface area contributed by atoms with Crippen molar-refractivity contribution in [3.8, 4) is 0 Å². The molecule has 0 radical (unpaired) electrons. The monoisotopic (exact) mass is 347 g/mol. The van der Waals surface area contributed by atoms with Crippen LogP contribution in [0.1, 0.15) is 18.9 Å². The summed E-state index contributed by atoms with van der Waals surface area (Å²) in [6.07, 6.45) is 0.386. The highest BCUT2D eigenvalue weighted by molar-refractivity contribution is 5.82. The van der Waals surface area contributed by atoms with E-state index in [4.69, 9.17) is 0 Å². The van der Waals surface area contributed by atoms with E-state index in [0.29, 0.717) is 13.0 Å². The van der Waals surface area contributed by atoms with Crippen LogP contribution in [0.5, 0.6) is 0 Å².